The highest BCUT2D eigenvalue weighted by Crippen LogP contribution is 2.22. The van der Waals surface area contributed by atoms with Gasteiger partial charge in [-0.1, -0.05) is 19.3 Å². The van der Waals surface area contributed by atoms with Crippen LogP contribution in [0, 0.1) is 5.82 Å². The summed E-state index contributed by atoms with van der Waals surface area (Å²) in [6.07, 6.45) is 5.04. The summed E-state index contributed by atoms with van der Waals surface area (Å²) in [7, 11) is -3.54. The molecule has 1 aromatic carbocycles. The van der Waals surface area contributed by atoms with Gasteiger partial charge in [-0.25, -0.2) is 12.8 Å². The molecule has 0 aliphatic carbocycles. The smallest absolute Gasteiger partial charge is 0.207 e. The first-order chi connectivity index (χ1) is 9.55. The largest absolute Gasteiger partial charge is 0.243 e. The van der Waals surface area contributed by atoms with Gasteiger partial charge in [0.2, 0.25) is 10.0 Å². The summed E-state index contributed by atoms with van der Waals surface area (Å²) in [5.74, 6) is -0.499. The van der Waals surface area contributed by atoms with Gasteiger partial charge in [0.1, 0.15) is 5.82 Å². The molecular weight excluding hydrogens is 301 g/mol. The Bertz CT molecular complexity index is 554. The van der Waals surface area contributed by atoms with Crippen molar-refractivity contribution in [2.45, 2.75) is 42.9 Å². The highest BCUT2D eigenvalue weighted by molar-refractivity contribution is 7.89. The van der Waals surface area contributed by atoms with Gasteiger partial charge in [-0.05, 0) is 31.0 Å². The third-order valence-electron chi connectivity index (χ3n) is 3.61. The van der Waals surface area contributed by atoms with Gasteiger partial charge in [-0.2, -0.15) is 4.31 Å². The molecule has 0 N–H and O–H groups in total. The number of benzene rings is 1. The topological polar surface area (TPSA) is 37.4 Å². The number of hydrogen-bond acceptors (Lipinski definition) is 2. The van der Waals surface area contributed by atoms with E-state index in [-0.39, 0.29) is 16.3 Å². The maximum atomic E-state index is 13.4. The summed E-state index contributed by atoms with van der Waals surface area (Å²) >= 11 is 5.64. The fourth-order valence-corrected chi connectivity index (χ4v) is 4.19. The summed E-state index contributed by atoms with van der Waals surface area (Å²) in [5, 5.41) is 0. The fraction of sp³-hybridized carbons (Fsp3) is 0.571. The van der Waals surface area contributed by atoms with Crippen molar-refractivity contribution in [3.05, 3.63) is 29.6 Å². The molecule has 1 aromatic rings. The van der Waals surface area contributed by atoms with Gasteiger partial charge in [0.05, 0.1) is 10.8 Å². The molecule has 1 heterocycles. The van der Waals surface area contributed by atoms with Crippen LogP contribution in [0.5, 0.6) is 0 Å². The molecule has 1 fully saturated rings. The highest BCUT2D eigenvalue weighted by atomic mass is 35.5. The van der Waals surface area contributed by atoms with Crippen molar-refractivity contribution < 1.29 is 12.8 Å². The first kappa shape index (κ1) is 15.7. The molecule has 2 rings (SSSR count). The second kappa shape index (κ2) is 6.87. The Kier molecular flexibility index (Phi) is 5.41. The van der Waals surface area contributed by atoms with E-state index in [0.29, 0.717) is 13.1 Å². The van der Waals surface area contributed by atoms with Crippen LogP contribution in [-0.2, 0) is 15.9 Å². The zero-order valence-electron chi connectivity index (χ0n) is 11.3. The molecular formula is C14H19ClFNO2S. The number of sulfonamides is 1. The number of halogens is 2. The molecule has 1 aliphatic heterocycles. The summed E-state index contributed by atoms with van der Waals surface area (Å²) in [4.78, 5) is 0.134. The first-order valence-corrected chi connectivity index (χ1v) is 8.87. The van der Waals surface area contributed by atoms with Crippen LogP contribution >= 0.6 is 11.6 Å². The van der Waals surface area contributed by atoms with E-state index in [9.17, 15) is 12.8 Å². The molecule has 0 radical (unpaired) electrons. The van der Waals surface area contributed by atoms with Gasteiger partial charge in [0.15, 0.2) is 0 Å². The summed E-state index contributed by atoms with van der Waals surface area (Å²) in [6.45, 7) is 1.08. The minimum absolute atomic E-state index is 0.0325. The maximum absolute atomic E-state index is 13.4. The summed E-state index contributed by atoms with van der Waals surface area (Å²) < 4.78 is 40.1. The van der Waals surface area contributed by atoms with Gasteiger partial charge in [0.25, 0.3) is 0 Å². The van der Waals surface area contributed by atoms with Crippen molar-refractivity contribution in [1.29, 1.82) is 0 Å². The Balaban J connectivity index is 2.28. The van der Waals surface area contributed by atoms with Crippen molar-refractivity contribution in [1.82, 2.24) is 4.31 Å². The lowest BCUT2D eigenvalue weighted by Gasteiger charge is -2.24. The van der Waals surface area contributed by atoms with Crippen LogP contribution in [0.15, 0.2) is 23.1 Å². The number of alkyl halides is 1. The Morgan fingerprint density at radius 2 is 1.70 bits per heavy atom. The van der Waals surface area contributed by atoms with Gasteiger partial charge < -0.3 is 0 Å². The molecule has 1 saturated heterocycles. The quantitative estimate of drug-likeness (QED) is 0.799. The second-order valence-corrected chi connectivity index (χ2v) is 7.26. The molecule has 1 aliphatic rings. The van der Waals surface area contributed by atoms with Crippen LogP contribution in [-0.4, -0.2) is 25.8 Å². The van der Waals surface area contributed by atoms with Crippen LogP contribution in [0.2, 0.25) is 0 Å². The van der Waals surface area contributed by atoms with Crippen LogP contribution in [0.25, 0.3) is 0 Å². The van der Waals surface area contributed by atoms with Crippen LogP contribution in [0.1, 0.15) is 37.7 Å². The number of hydrogen-bond donors (Lipinski definition) is 0. The van der Waals surface area contributed by atoms with E-state index < -0.39 is 15.8 Å². The van der Waals surface area contributed by atoms with E-state index >= 15 is 0 Å². The highest BCUT2D eigenvalue weighted by Gasteiger charge is 2.25. The fourth-order valence-electron chi connectivity index (χ4n) is 2.42. The van der Waals surface area contributed by atoms with Crippen molar-refractivity contribution in [2.24, 2.45) is 0 Å². The SMILES string of the molecule is O=S(=O)(c1ccc(F)c(CCl)c1)N1CCCCCCC1. The van der Waals surface area contributed by atoms with E-state index in [1.54, 1.807) is 0 Å². The van der Waals surface area contributed by atoms with Gasteiger partial charge in [-0.15, -0.1) is 11.6 Å². The number of nitrogens with zero attached hydrogens (tertiary/aromatic N) is 1. The summed E-state index contributed by atoms with van der Waals surface area (Å²) in [5.41, 5.74) is 0.222. The maximum Gasteiger partial charge on any atom is 0.243 e. The average Bonchev–Trinajstić information content (AvgIpc) is 2.38. The van der Waals surface area contributed by atoms with Gasteiger partial charge >= 0.3 is 0 Å². The lowest BCUT2D eigenvalue weighted by atomic mass is 10.1. The summed E-state index contributed by atoms with van der Waals surface area (Å²) in [6, 6.07) is 3.84. The first-order valence-electron chi connectivity index (χ1n) is 6.90. The minimum atomic E-state index is -3.54. The lowest BCUT2D eigenvalue weighted by Crippen LogP contribution is -2.33. The normalized spacial score (nSPS) is 18.5. The molecule has 0 spiro atoms. The Labute approximate surface area is 124 Å². The molecule has 0 amide bonds. The molecule has 112 valence electrons. The van der Waals surface area contributed by atoms with Crippen LogP contribution < -0.4 is 0 Å². The van der Waals surface area contributed by atoms with E-state index in [4.69, 9.17) is 11.6 Å². The predicted octanol–water partition coefficient (Wildman–Crippen LogP) is 3.52. The molecule has 0 saturated carbocycles. The predicted molar refractivity (Wildman–Crippen MR) is 77.8 cm³/mol. The van der Waals surface area contributed by atoms with Crippen molar-refractivity contribution in [3.8, 4) is 0 Å². The molecule has 0 aromatic heterocycles. The molecule has 3 nitrogen and oxygen atoms in total. The second-order valence-electron chi connectivity index (χ2n) is 5.06. The van der Waals surface area contributed by atoms with Gasteiger partial charge in [0, 0.05) is 18.7 Å². The third-order valence-corrected chi connectivity index (χ3v) is 5.80. The zero-order valence-corrected chi connectivity index (χ0v) is 12.9. The monoisotopic (exact) mass is 319 g/mol. The lowest BCUT2D eigenvalue weighted by molar-refractivity contribution is 0.364. The van der Waals surface area contributed by atoms with Gasteiger partial charge in [-0.3, -0.25) is 0 Å². The van der Waals surface area contributed by atoms with Crippen LogP contribution in [0.4, 0.5) is 4.39 Å². The molecule has 0 unspecified atom stereocenters. The van der Waals surface area contributed by atoms with Crippen molar-refractivity contribution in [2.75, 3.05) is 13.1 Å². The van der Waals surface area contributed by atoms with Crippen molar-refractivity contribution >= 4 is 21.6 Å². The van der Waals surface area contributed by atoms with E-state index in [1.165, 1.54) is 28.9 Å². The third kappa shape index (κ3) is 3.51. The zero-order chi connectivity index (χ0) is 14.6. The van der Waals surface area contributed by atoms with E-state index in [1.807, 2.05) is 0 Å². The average molecular weight is 320 g/mol. The molecule has 0 atom stereocenters. The Hall–Kier alpha value is -0.650. The Morgan fingerprint density at radius 3 is 2.30 bits per heavy atom. The molecule has 0 bridgehead atoms. The minimum Gasteiger partial charge on any atom is -0.207 e. The standard InChI is InChI=1S/C14H19ClFNO2S/c15-11-12-10-13(6-7-14(12)16)20(18,19)17-8-4-2-1-3-5-9-17/h6-7,10H,1-5,8-9,11H2. The van der Waals surface area contributed by atoms with Crippen LogP contribution in [0.3, 0.4) is 0 Å². The van der Waals surface area contributed by atoms with E-state index in [0.717, 1.165) is 25.7 Å². The number of rotatable bonds is 3. The Morgan fingerprint density at radius 1 is 1.10 bits per heavy atom. The molecule has 20 heavy (non-hydrogen) atoms. The van der Waals surface area contributed by atoms with E-state index in [2.05, 4.69) is 0 Å². The molecule has 6 heteroatoms. The van der Waals surface area contributed by atoms with Crippen molar-refractivity contribution in [3.63, 3.8) is 0 Å².